The van der Waals surface area contributed by atoms with Crippen LogP contribution < -0.4 is 5.32 Å². The molecule has 0 saturated carbocycles. The molecule has 2 heterocycles. The Bertz CT molecular complexity index is 687. The average Bonchev–Trinajstić information content (AvgIpc) is 2.78. The number of aromatic nitrogens is 2. The molecule has 0 saturated heterocycles. The minimum absolute atomic E-state index is 0.262. The summed E-state index contributed by atoms with van der Waals surface area (Å²) in [4.78, 5) is 27.2. The number of pyridine rings is 1. The molecule has 2 aromatic rings. The number of carboxylic acid groups (broad SMARTS) is 1. The molecule has 2 rings (SSSR count). The van der Waals surface area contributed by atoms with Crippen molar-refractivity contribution < 1.29 is 19.4 Å². The van der Waals surface area contributed by atoms with E-state index in [0.717, 1.165) is 0 Å². The molecule has 0 aromatic carbocycles. The highest BCUT2D eigenvalue weighted by Crippen LogP contribution is 2.19. The van der Waals surface area contributed by atoms with Gasteiger partial charge >= 0.3 is 12.1 Å². The summed E-state index contributed by atoms with van der Waals surface area (Å²) in [6.07, 6.45) is 2.40. The first-order chi connectivity index (χ1) is 10.3. The zero-order valence-corrected chi connectivity index (χ0v) is 12.7. The highest BCUT2D eigenvalue weighted by atomic mass is 16.6. The number of imidazole rings is 1. The van der Waals surface area contributed by atoms with Crippen molar-refractivity contribution in [2.75, 3.05) is 0 Å². The molecule has 1 amide bonds. The normalized spacial score (nSPS) is 12.9. The maximum Gasteiger partial charge on any atom is 0.408 e. The zero-order valence-electron chi connectivity index (χ0n) is 12.7. The number of fused-ring (bicyclic) bond motifs is 1. The average molecular weight is 305 g/mol. The number of carboxylic acids is 1. The predicted octanol–water partition coefficient (Wildman–Crippen LogP) is 2.37. The molecule has 118 valence electrons. The molecule has 0 spiro atoms. The van der Waals surface area contributed by atoms with E-state index in [4.69, 9.17) is 9.84 Å². The highest BCUT2D eigenvalue weighted by molar-refractivity contribution is 5.72. The minimum Gasteiger partial charge on any atom is -0.481 e. The Hall–Kier alpha value is -2.57. The lowest BCUT2D eigenvalue weighted by Crippen LogP contribution is -2.36. The Balaban J connectivity index is 2.26. The van der Waals surface area contributed by atoms with Crippen molar-refractivity contribution in [1.29, 1.82) is 0 Å². The molecular weight excluding hydrogens is 286 g/mol. The summed E-state index contributed by atoms with van der Waals surface area (Å²) in [6, 6.07) is 4.71. The topological polar surface area (TPSA) is 92.9 Å². The third-order valence-electron chi connectivity index (χ3n) is 2.87. The van der Waals surface area contributed by atoms with Crippen LogP contribution in [0, 0.1) is 0 Å². The van der Waals surface area contributed by atoms with E-state index in [1.54, 1.807) is 43.6 Å². The molecular formula is C15H19N3O4. The Morgan fingerprint density at radius 2 is 2.14 bits per heavy atom. The highest BCUT2D eigenvalue weighted by Gasteiger charge is 2.24. The van der Waals surface area contributed by atoms with Crippen LogP contribution in [0.5, 0.6) is 0 Å². The number of ether oxygens (including phenoxy) is 1. The van der Waals surface area contributed by atoms with Crippen LogP contribution in [-0.4, -0.2) is 32.2 Å². The molecule has 0 aliphatic rings. The van der Waals surface area contributed by atoms with Crippen molar-refractivity contribution in [2.24, 2.45) is 0 Å². The van der Waals surface area contributed by atoms with Gasteiger partial charge in [0.05, 0.1) is 24.4 Å². The SMILES string of the molecule is CC(C)(C)OC(=O)N[C@@H](CC(=O)O)c1cnc2ccccn12. The molecule has 1 atom stereocenters. The van der Waals surface area contributed by atoms with Gasteiger partial charge in [-0.15, -0.1) is 0 Å². The molecule has 7 heteroatoms. The molecule has 2 N–H and O–H groups in total. The van der Waals surface area contributed by atoms with Crippen molar-refractivity contribution in [3.8, 4) is 0 Å². The molecule has 0 fully saturated rings. The summed E-state index contributed by atoms with van der Waals surface area (Å²) >= 11 is 0. The lowest BCUT2D eigenvalue weighted by atomic mass is 10.1. The van der Waals surface area contributed by atoms with E-state index in [9.17, 15) is 9.59 Å². The van der Waals surface area contributed by atoms with Gasteiger partial charge in [0.1, 0.15) is 11.2 Å². The summed E-state index contributed by atoms with van der Waals surface area (Å²) in [7, 11) is 0. The summed E-state index contributed by atoms with van der Waals surface area (Å²) in [5, 5.41) is 11.7. The second-order valence-corrected chi connectivity index (χ2v) is 5.91. The zero-order chi connectivity index (χ0) is 16.3. The van der Waals surface area contributed by atoms with E-state index >= 15 is 0 Å². The smallest absolute Gasteiger partial charge is 0.408 e. The van der Waals surface area contributed by atoms with Gasteiger partial charge < -0.3 is 19.6 Å². The molecule has 7 nitrogen and oxygen atoms in total. The van der Waals surface area contributed by atoms with Crippen molar-refractivity contribution in [3.63, 3.8) is 0 Å². The van der Waals surface area contributed by atoms with Gasteiger partial charge in [-0.3, -0.25) is 4.79 Å². The van der Waals surface area contributed by atoms with Crippen LogP contribution in [0.3, 0.4) is 0 Å². The summed E-state index contributed by atoms with van der Waals surface area (Å²) in [6.45, 7) is 5.23. The van der Waals surface area contributed by atoms with Gasteiger partial charge in [0.15, 0.2) is 0 Å². The first kappa shape index (κ1) is 15.8. The van der Waals surface area contributed by atoms with Gasteiger partial charge in [0.25, 0.3) is 0 Å². The summed E-state index contributed by atoms with van der Waals surface area (Å²) < 4.78 is 6.93. The molecule has 0 aliphatic heterocycles. The van der Waals surface area contributed by atoms with Gasteiger partial charge in [-0.05, 0) is 32.9 Å². The maximum absolute atomic E-state index is 11.9. The quantitative estimate of drug-likeness (QED) is 0.904. The van der Waals surface area contributed by atoms with E-state index < -0.39 is 23.7 Å². The Morgan fingerprint density at radius 3 is 2.77 bits per heavy atom. The van der Waals surface area contributed by atoms with Crippen LogP contribution in [0.25, 0.3) is 5.65 Å². The number of rotatable bonds is 4. The van der Waals surface area contributed by atoms with Crippen molar-refractivity contribution in [1.82, 2.24) is 14.7 Å². The van der Waals surface area contributed by atoms with Gasteiger partial charge in [-0.1, -0.05) is 6.07 Å². The second kappa shape index (κ2) is 6.05. The molecule has 0 unspecified atom stereocenters. The van der Waals surface area contributed by atoms with Crippen LogP contribution in [0.15, 0.2) is 30.6 Å². The number of nitrogens with zero attached hydrogens (tertiary/aromatic N) is 2. The number of aliphatic carboxylic acids is 1. The number of amides is 1. The van der Waals surface area contributed by atoms with Crippen molar-refractivity contribution >= 4 is 17.7 Å². The fraction of sp³-hybridized carbons (Fsp3) is 0.400. The van der Waals surface area contributed by atoms with E-state index in [-0.39, 0.29) is 6.42 Å². The largest absolute Gasteiger partial charge is 0.481 e. The monoisotopic (exact) mass is 305 g/mol. The van der Waals surface area contributed by atoms with Gasteiger partial charge in [-0.25, -0.2) is 9.78 Å². The Kier molecular flexibility index (Phi) is 4.35. The van der Waals surface area contributed by atoms with Crippen LogP contribution in [-0.2, 0) is 9.53 Å². The van der Waals surface area contributed by atoms with E-state index in [0.29, 0.717) is 11.3 Å². The lowest BCUT2D eigenvalue weighted by molar-refractivity contribution is -0.137. The summed E-state index contributed by atoms with van der Waals surface area (Å²) in [5.74, 6) is -1.02. The van der Waals surface area contributed by atoms with Gasteiger partial charge in [0.2, 0.25) is 0 Å². The van der Waals surface area contributed by atoms with E-state index in [2.05, 4.69) is 10.3 Å². The van der Waals surface area contributed by atoms with Crippen LogP contribution in [0.1, 0.15) is 38.9 Å². The van der Waals surface area contributed by atoms with Crippen molar-refractivity contribution in [2.45, 2.75) is 38.8 Å². The minimum atomic E-state index is -1.02. The van der Waals surface area contributed by atoms with Crippen LogP contribution in [0.2, 0.25) is 0 Å². The molecule has 0 aliphatic carbocycles. The fourth-order valence-electron chi connectivity index (χ4n) is 2.06. The fourth-order valence-corrected chi connectivity index (χ4v) is 2.06. The summed E-state index contributed by atoms with van der Waals surface area (Å²) in [5.41, 5.74) is 0.611. The van der Waals surface area contributed by atoms with E-state index in [1.807, 2.05) is 12.1 Å². The first-order valence-corrected chi connectivity index (χ1v) is 6.89. The Labute approximate surface area is 127 Å². The number of carbonyl (C=O) groups excluding carboxylic acids is 1. The standard InChI is InChI=1S/C15H19N3O4/c1-15(2,3)22-14(21)17-10(8-13(19)20)11-9-16-12-6-4-5-7-18(11)12/h4-7,9-10H,8H2,1-3H3,(H,17,21)(H,19,20)/t10-/m0/s1. The van der Waals surface area contributed by atoms with Crippen LogP contribution in [0.4, 0.5) is 4.79 Å². The second-order valence-electron chi connectivity index (χ2n) is 5.91. The maximum atomic E-state index is 11.9. The molecule has 22 heavy (non-hydrogen) atoms. The predicted molar refractivity (Wildman–Crippen MR) is 79.6 cm³/mol. The molecule has 2 aromatic heterocycles. The number of alkyl carbamates (subject to hydrolysis) is 1. The van der Waals surface area contributed by atoms with E-state index in [1.165, 1.54) is 0 Å². The van der Waals surface area contributed by atoms with Crippen LogP contribution >= 0.6 is 0 Å². The third kappa shape index (κ3) is 3.97. The first-order valence-electron chi connectivity index (χ1n) is 6.89. The Morgan fingerprint density at radius 1 is 1.41 bits per heavy atom. The number of hydrogen-bond acceptors (Lipinski definition) is 4. The number of carbonyl (C=O) groups is 2. The number of nitrogens with one attached hydrogen (secondary N) is 1. The third-order valence-corrected chi connectivity index (χ3v) is 2.87. The van der Waals surface area contributed by atoms with Gasteiger partial charge in [-0.2, -0.15) is 0 Å². The lowest BCUT2D eigenvalue weighted by Gasteiger charge is -2.22. The molecule has 0 bridgehead atoms. The number of hydrogen-bond donors (Lipinski definition) is 2. The molecule has 0 radical (unpaired) electrons. The van der Waals surface area contributed by atoms with Crippen molar-refractivity contribution in [3.05, 3.63) is 36.3 Å². The van der Waals surface area contributed by atoms with Gasteiger partial charge in [0, 0.05) is 6.20 Å².